The Hall–Kier alpha value is -4.48. The molecule has 0 rings (SSSR count). The molecular formula is C59H90O5. The van der Waals surface area contributed by atoms with E-state index >= 15 is 0 Å². The maximum absolute atomic E-state index is 12.8. The molecule has 0 fully saturated rings. The third-order valence-electron chi connectivity index (χ3n) is 9.54. The molecule has 0 aliphatic rings. The molecule has 0 aliphatic carbocycles. The summed E-state index contributed by atoms with van der Waals surface area (Å²) in [5, 5.41) is 0. The number of hydrogen-bond donors (Lipinski definition) is 0. The fourth-order valence-corrected chi connectivity index (χ4v) is 5.95. The molecule has 0 N–H and O–H groups in total. The lowest BCUT2D eigenvalue weighted by Crippen LogP contribution is -2.30. The van der Waals surface area contributed by atoms with E-state index in [0.29, 0.717) is 32.3 Å². The van der Waals surface area contributed by atoms with Gasteiger partial charge in [-0.25, -0.2) is 0 Å². The molecule has 5 nitrogen and oxygen atoms in total. The molecule has 0 spiro atoms. The van der Waals surface area contributed by atoms with Crippen LogP contribution < -0.4 is 0 Å². The summed E-state index contributed by atoms with van der Waals surface area (Å²) in [5.74, 6) is -0.562. The van der Waals surface area contributed by atoms with Crippen molar-refractivity contribution in [2.75, 3.05) is 19.8 Å². The molecule has 1 atom stereocenters. The Morgan fingerprint density at radius 3 is 1.03 bits per heavy atom. The average Bonchev–Trinajstić information content (AvgIpc) is 3.30. The standard InChI is InChI=1S/C59H90O5/c1-4-7-10-13-16-19-22-25-28-30-32-34-37-40-43-46-49-52-58(60)63-56-57(55-62-54-51-48-45-42-39-36-27-24-21-18-15-12-9-6-3)64-59(61)53-50-47-44-41-38-35-33-31-29-26-23-20-17-14-11-8-5-2/h7-12,16-21,25-29,32-36,40-41,43-44,57H,4-6,13-15,22-24,30-31,37-39,42,45-56H2,1-3H3/b10-7-,11-8-,12-9-,19-16-,20-17-,21-18-,28-25-,29-26-,34-32-,35-33-,36-27-,43-40-,44-41-. The van der Waals surface area contributed by atoms with Crippen molar-refractivity contribution in [2.45, 2.75) is 181 Å². The summed E-state index contributed by atoms with van der Waals surface area (Å²) >= 11 is 0. The van der Waals surface area contributed by atoms with Gasteiger partial charge in [-0.05, 0) is 128 Å². The van der Waals surface area contributed by atoms with Gasteiger partial charge in [-0.1, -0.05) is 192 Å². The van der Waals surface area contributed by atoms with E-state index < -0.39 is 6.10 Å². The third kappa shape index (κ3) is 50.2. The summed E-state index contributed by atoms with van der Waals surface area (Å²) in [6, 6.07) is 0. The van der Waals surface area contributed by atoms with Gasteiger partial charge in [0, 0.05) is 19.4 Å². The van der Waals surface area contributed by atoms with Crippen LogP contribution in [0.5, 0.6) is 0 Å². The minimum atomic E-state index is -0.613. The Kier molecular flexibility index (Phi) is 49.2. The maximum Gasteiger partial charge on any atom is 0.306 e. The van der Waals surface area contributed by atoms with Crippen LogP contribution in [0.3, 0.4) is 0 Å². The van der Waals surface area contributed by atoms with Crippen molar-refractivity contribution in [3.63, 3.8) is 0 Å². The third-order valence-corrected chi connectivity index (χ3v) is 9.54. The summed E-state index contributed by atoms with van der Waals surface area (Å²) in [6.45, 7) is 7.28. The zero-order valence-corrected chi connectivity index (χ0v) is 40.7. The highest BCUT2D eigenvalue weighted by Crippen LogP contribution is 2.09. The van der Waals surface area contributed by atoms with Gasteiger partial charge >= 0.3 is 11.9 Å². The second-order valence-electron chi connectivity index (χ2n) is 15.6. The van der Waals surface area contributed by atoms with E-state index in [1.807, 2.05) is 0 Å². The predicted molar refractivity (Wildman–Crippen MR) is 278 cm³/mol. The van der Waals surface area contributed by atoms with Crippen LogP contribution in [0.4, 0.5) is 0 Å². The summed E-state index contributed by atoms with van der Waals surface area (Å²) in [5.41, 5.74) is 0. The molecule has 1 unspecified atom stereocenters. The fraction of sp³-hybridized carbons (Fsp3) is 0.525. The number of allylic oxidation sites excluding steroid dienone is 26. The minimum absolute atomic E-state index is 0.0119. The van der Waals surface area contributed by atoms with Crippen molar-refractivity contribution in [3.8, 4) is 0 Å². The molecule has 0 saturated carbocycles. The topological polar surface area (TPSA) is 61.8 Å². The monoisotopic (exact) mass is 879 g/mol. The first kappa shape index (κ1) is 59.5. The molecule has 0 bridgehead atoms. The summed E-state index contributed by atoms with van der Waals surface area (Å²) in [7, 11) is 0. The molecule has 356 valence electrons. The van der Waals surface area contributed by atoms with Crippen LogP contribution in [-0.4, -0.2) is 37.9 Å². The van der Waals surface area contributed by atoms with Crippen molar-refractivity contribution in [3.05, 3.63) is 158 Å². The highest BCUT2D eigenvalue weighted by molar-refractivity contribution is 5.70. The van der Waals surface area contributed by atoms with Crippen molar-refractivity contribution < 1.29 is 23.8 Å². The van der Waals surface area contributed by atoms with E-state index in [2.05, 4.69) is 179 Å². The number of ether oxygens (including phenoxy) is 3. The van der Waals surface area contributed by atoms with Gasteiger partial charge in [0.25, 0.3) is 0 Å². The van der Waals surface area contributed by atoms with Crippen LogP contribution in [0.2, 0.25) is 0 Å². The van der Waals surface area contributed by atoms with E-state index in [1.165, 1.54) is 0 Å². The van der Waals surface area contributed by atoms with E-state index in [-0.39, 0.29) is 25.2 Å². The van der Waals surface area contributed by atoms with Crippen LogP contribution in [0.15, 0.2) is 158 Å². The smallest absolute Gasteiger partial charge is 0.306 e. The first-order chi connectivity index (χ1) is 31.6. The molecule has 0 aromatic carbocycles. The zero-order chi connectivity index (χ0) is 46.3. The lowest BCUT2D eigenvalue weighted by atomic mass is 10.1. The van der Waals surface area contributed by atoms with Crippen molar-refractivity contribution in [1.29, 1.82) is 0 Å². The summed E-state index contributed by atoms with van der Waals surface area (Å²) < 4.78 is 17.3. The van der Waals surface area contributed by atoms with E-state index in [1.54, 1.807) is 0 Å². The number of esters is 2. The van der Waals surface area contributed by atoms with Gasteiger partial charge in [-0.3, -0.25) is 9.59 Å². The van der Waals surface area contributed by atoms with Crippen LogP contribution in [0.25, 0.3) is 0 Å². The fourth-order valence-electron chi connectivity index (χ4n) is 5.95. The Balaban J connectivity index is 4.54. The number of carbonyl (C=O) groups excluding carboxylic acids is 2. The lowest BCUT2D eigenvalue weighted by Gasteiger charge is -2.18. The largest absolute Gasteiger partial charge is 0.462 e. The van der Waals surface area contributed by atoms with Crippen LogP contribution >= 0.6 is 0 Å². The molecule has 0 heterocycles. The summed E-state index contributed by atoms with van der Waals surface area (Å²) in [4.78, 5) is 25.4. The molecule has 0 amide bonds. The first-order valence-electron chi connectivity index (χ1n) is 25.0. The average molecular weight is 879 g/mol. The quantitative estimate of drug-likeness (QED) is 0.0347. The van der Waals surface area contributed by atoms with E-state index in [9.17, 15) is 9.59 Å². The molecular weight excluding hydrogens is 789 g/mol. The van der Waals surface area contributed by atoms with Crippen molar-refractivity contribution in [1.82, 2.24) is 0 Å². The molecule has 0 radical (unpaired) electrons. The second kappa shape index (κ2) is 52.9. The lowest BCUT2D eigenvalue weighted by molar-refractivity contribution is -0.162. The molecule has 0 aromatic rings. The van der Waals surface area contributed by atoms with Crippen molar-refractivity contribution in [2.24, 2.45) is 0 Å². The number of carbonyl (C=O) groups is 2. The number of rotatable bonds is 43. The Bertz CT molecular complexity index is 1460. The Labute approximate surface area is 393 Å². The predicted octanol–water partition coefficient (Wildman–Crippen LogP) is 17.1. The van der Waals surface area contributed by atoms with Gasteiger partial charge in [0.05, 0.1) is 6.61 Å². The van der Waals surface area contributed by atoms with Gasteiger partial charge in [-0.15, -0.1) is 0 Å². The molecule has 0 aliphatic heterocycles. The Morgan fingerprint density at radius 2 is 0.656 bits per heavy atom. The summed E-state index contributed by atoms with van der Waals surface area (Å²) in [6.07, 6.45) is 78.3. The van der Waals surface area contributed by atoms with Crippen LogP contribution in [0.1, 0.15) is 175 Å². The maximum atomic E-state index is 12.8. The number of hydrogen-bond acceptors (Lipinski definition) is 5. The normalized spacial score (nSPS) is 13.6. The highest BCUT2D eigenvalue weighted by atomic mass is 16.6. The SMILES string of the molecule is CC/C=C\C/C=C\C/C=C\C/C=C\C/C=C\CCCC(=O)OCC(COCCCCCC/C=C\C/C=C\C/C=C\CC)OC(=O)CCC/C=C\C/C=C\C/C=C\C/C=C\C/C=C\CC. The van der Waals surface area contributed by atoms with Crippen LogP contribution in [-0.2, 0) is 23.8 Å². The minimum Gasteiger partial charge on any atom is -0.462 e. The first-order valence-corrected chi connectivity index (χ1v) is 25.0. The second-order valence-corrected chi connectivity index (χ2v) is 15.6. The van der Waals surface area contributed by atoms with Crippen molar-refractivity contribution >= 4 is 11.9 Å². The van der Waals surface area contributed by atoms with Crippen LogP contribution in [0, 0.1) is 0 Å². The Morgan fingerprint density at radius 1 is 0.344 bits per heavy atom. The zero-order valence-electron chi connectivity index (χ0n) is 40.7. The molecule has 5 heteroatoms. The number of unbranched alkanes of at least 4 members (excludes halogenated alkanes) is 6. The van der Waals surface area contributed by atoms with E-state index in [0.717, 1.165) is 128 Å². The highest BCUT2D eigenvalue weighted by Gasteiger charge is 2.17. The molecule has 0 saturated heterocycles. The van der Waals surface area contributed by atoms with Gasteiger partial charge in [-0.2, -0.15) is 0 Å². The van der Waals surface area contributed by atoms with E-state index in [4.69, 9.17) is 14.2 Å². The molecule has 0 aromatic heterocycles. The van der Waals surface area contributed by atoms with Gasteiger partial charge in [0.2, 0.25) is 0 Å². The van der Waals surface area contributed by atoms with Gasteiger partial charge in [0.1, 0.15) is 6.61 Å². The van der Waals surface area contributed by atoms with Gasteiger partial charge in [0.15, 0.2) is 6.10 Å². The molecule has 64 heavy (non-hydrogen) atoms. The van der Waals surface area contributed by atoms with Gasteiger partial charge < -0.3 is 14.2 Å².